The Morgan fingerprint density at radius 3 is 2.56 bits per heavy atom. The molecule has 43 heavy (non-hydrogen) atoms. The van der Waals surface area contributed by atoms with E-state index in [0.717, 1.165) is 23.8 Å². The third-order valence-corrected chi connectivity index (χ3v) is 6.33. The summed E-state index contributed by atoms with van der Waals surface area (Å²) in [6.45, 7) is 7.14. The summed E-state index contributed by atoms with van der Waals surface area (Å²) >= 11 is 0. The van der Waals surface area contributed by atoms with Gasteiger partial charge >= 0.3 is 6.09 Å². The minimum atomic E-state index is -2.99. The Morgan fingerprint density at radius 1 is 1.16 bits per heavy atom. The molecular formula is C29H29F2N7O5. The molecule has 1 aliphatic rings. The van der Waals surface area contributed by atoms with Crippen molar-refractivity contribution in [1.82, 2.24) is 24.7 Å². The monoisotopic (exact) mass is 593 g/mol. The molecule has 0 unspecified atom stereocenters. The van der Waals surface area contributed by atoms with Crippen molar-refractivity contribution in [2.75, 3.05) is 16.8 Å². The van der Waals surface area contributed by atoms with Crippen molar-refractivity contribution in [2.45, 2.75) is 52.6 Å². The molecule has 14 heteroatoms. The number of rotatable bonds is 9. The molecule has 0 spiro atoms. The van der Waals surface area contributed by atoms with Crippen LogP contribution >= 0.6 is 0 Å². The summed E-state index contributed by atoms with van der Waals surface area (Å²) in [6, 6.07) is 6.15. The molecule has 0 bridgehead atoms. The average Bonchev–Trinajstić information content (AvgIpc) is 3.45. The Bertz CT molecular complexity index is 1660. The van der Waals surface area contributed by atoms with Gasteiger partial charge in [0.25, 0.3) is 12.3 Å². The van der Waals surface area contributed by atoms with E-state index in [2.05, 4.69) is 25.4 Å². The van der Waals surface area contributed by atoms with Crippen LogP contribution in [0.3, 0.4) is 0 Å². The zero-order chi connectivity index (χ0) is 30.9. The second kappa shape index (κ2) is 11.7. The number of alkyl halides is 2. The lowest BCUT2D eigenvalue weighted by molar-refractivity contribution is 0.0577. The summed E-state index contributed by atoms with van der Waals surface area (Å²) in [6.07, 6.45) is 3.60. The second-order valence-corrected chi connectivity index (χ2v) is 11.1. The number of carbonyl (C=O) groups excluding carboxylic acids is 3. The van der Waals surface area contributed by atoms with E-state index in [4.69, 9.17) is 9.15 Å². The number of hydrogen-bond acceptors (Lipinski definition) is 9. The van der Waals surface area contributed by atoms with Gasteiger partial charge in [-0.15, -0.1) is 0 Å². The number of pyridine rings is 2. The van der Waals surface area contributed by atoms with Gasteiger partial charge in [-0.1, -0.05) is 0 Å². The van der Waals surface area contributed by atoms with Crippen LogP contribution in [0.2, 0.25) is 0 Å². The highest BCUT2D eigenvalue weighted by molar-refractivity contribution is 6.03. The van der Waals surface area contributed by atoms with Gasteiger partial charge in [-0.25, -0.2) is 28.2 Å². The van der Waals surface area contributed by atoms with Gasteiger partial charge in [0, 0.05) is 25.2 Å². The minimum absolute atomic E-state index is 0.0609. The van der Waals surface area contributed by atoms with Crippen molar-refractivity contribution < 1.29 is 32.3 Å². The van der Waals surface area contributed by atoms with E-state index in [0.29, 0.717) is 29.5 Å². The third kappa shape index (κ3) is 7.08. The Labute approximate surface area is 245 Å². The molecule has 12 nitrogen and oxygen atoms in total. The number of nitrogens with one attached hydrogen (secondary N) is 1. The van der Waals surface area contributed by atoms with Gasteiger partial charge in [0.2, 0.25) is 5.89 Å². The molecule has 1 saturated carbocycles. The summed E-state index contributed by atoms with van der Waals surface area (Å²) in [5.74, 6) is -0.302. The first-order valence-electron chi connectivity index (χ1n) is 13.5. The summed E-state index contributed by atoms with van der Waals surface area (Å²) in [5, 5.41) is 6.28. The average molecular weight is 594 g/mol. The molecule has 4 aromatic rings. The second-order valence-electron chi connectivity index (χ2n) is 11.1. The number of ketones is 1. The SMILES string of the molecule is CC(=O)c1ccc(-n2cc(NC(=O)c3coc(-c4ccnc(N(CC5CC5)C(=O)OC(C)(C)C)c4)n3)c(C(F)F)n2)cn1. The van der Waals surface area contributed by atoms with Crippen LogP contribution < -0.4 is 10.2 Å². The Balaban J connectivity index is 1.35. The van der Waals surface area contributed by atoms with E-state index in [9.17, 15) is 23.2 Å². The van der Waals surface area contributed by atoms with Crippen LogP contribution in [-0.2, 0) is 4.74 Å². The van der Waals surface area contributed by atoms with Crippen molar-refractivity contribution >= 4 is 29.3 Å². The summed E-state index contributed by atoms with van der Waals surface area (Å²) < 4.78 is 39.8. The number of Topliss-reactive ketones (excluding diaryl/α,β-unsaturated/α-hetero) is 1. The highest BCUT2D eigenvalue weighted by atomic mass is 19.3. The number of oxazole rings is 1. The number of nitrogens with zero attached hydrogens (tertiary/aromatic N) is 6. The Hall–Kier alpha value is -5.01. The van der Waals surface area contributed by atoms with Crippen molar-refractivity contribution in [3.63, 3.8) is 0 Å². The lowest BCUT2D eigenvalue weighted by atomic mass is 10.2. The maximum atomic E-state index is 13.8. The number of halogens is 2. The number of aromatic nitrogens is 5. The number of ether oxygens (including phenoxy) is 1. The van der Waals surface area contributed by atoms with Gasteiger partial charge in [0.15, 0.2) is 17.2 Å². The highest BCUT2D eigenvalue weighted by Gasteiger charge is 2.31. The minimum Gasteiger partial charge on any atom is -0.444 e. The zero-order valence-corrected chi connectivity index (χ0v) is 23.9. The lowest BCUT2D eigenvalue weighted by Gasteiger charge is -2.27. The van der Waals surface area contributed by atoms with E-state index in [1.165, 1.54) is 42.5 Å². The van der Waals surface area contributed by atoms with E-state index in [1.54, 1.807) is 32.9 Å². The molecule has 224 valence electrons. The molecule has 2 amide bonds. The fourth-order valence-corrected chi connectivity index (χ4v) is 4.04. The maximum absolute atomic E-state index is 13.8. The third-order valence-electron chi connectivity index (χ3n) is 6.33. The Morgan fingerprint density at radius 2 is 1.93 bits per heavy atom. The van der Waals surface area contributed by atoms with Crippen molar-refractivity contribution in [2.24, 2.45) is 5.92 Å². The fraction of sp³-hybridized carbons (Fsp3) is 0.345. The van der Waals surface area contributed by atoms with E-state index >= 15 is 0 Å². The standard InChI is InChI=1S/C29H29F2N7O5/c1-16(39)20-8-7-19(12-33-20)38-14-21(24(36-38)25(30)31)34-26(40)22-15-42-27(35-22)18-9-10-32-23(11-18)37(13-17-5-6-17)28(41)43-29(2,3)4/h7-12,14-15,17,25H,5-6,13H2,1-4H3,(H,34,40). The largest absolute Gasteiger partial charge is 0.444 e. The van der Waals surface area contributed by atoms with Crippen LogP contribution in [-0.4, -0.2) is 54.7 Å². The molecule has 0 saturated heterocycles. The fourth-order valence-electron chi connectivity index (χ4n) is 4.04. The summed E-state index contributed by atoms with van der Waals surface area (Å²) in [4.78, 5) is 51.4. The van der Waals surface area contributed by atoms with Crippen LogP contribution in [0.25, 0.3) is 17.1 Å². The van der Waals surface area contributed by atoms with Gasteiger partial charge in [0.05, 0.1) is 23.8 Å². The number of amides is 2. The van der Waals surface area contributed by atoms with Crippen LogP contribution in [0.15, 0.2) is 53.5 Å². The van der Waals surface area contributed by atoms with Gasteiger partial charge in [-0.05, 0) is 63.8 Å². The smallest absolute Gasteiger partial charge is 0.416 e. The summed E-state index contributed by atoms with van der Waals surface area (Å²) in [7, 11) is 0. The van der Waals surface area contributed by atoms with Crippen LogP contribution in [0.1, 0.15) is 73.6 Å². The number of anilines is 2. The van der Waals surface area contributed by atoms with Crippen molar-refractivity contribution in [1.29, 1.82) is 0 Å². The van der Waals surface area contributed by atoms with E-state index < -0.39 is 29.7 Å². The van der Waals surface area contributed by atoms with Crippen molar-refractivity contribution in [3.05, 3.63) is 66.2 Å². The normalized spacial score (nSPS) is 13.2. The molecule has 0 radical (unpaired) electrons. The molecule has 1 aliphatic carbocycles. The lowest BCUT2D eigenvalue weighted by Crippen LogP contribution is -2.38. The van der Waals surface area contributed by atoms with Crippen LogP contribution in [0, 0.1) is 5.92 Å². The predicted molar refractivity (Wildman–Crippen MR) is 150 cm³/mol. The first-order chi connectivity index (χ1) is 20.4. The van der Waals surface area contributed by atoms with E-state index in [1.807, 2.05) is 0 Å². The first kappa shape index (κ1) is 29.5. The molecule has 0 atom stereocenters. The Kier molecular flexibility index (Phi) is 8.02. The number of carbonyl (C=O) groups is 3. The first-order valence-corrected chi connectivity index (χ1v) is 13.5. The molecule has 0 aliphatic heterocycles. The highest BCUT2D eigenvalue weighted by Crippen LogP contribution is 2.33. The molecular weight excluding hydrogens is 564 g/mol. The van der Waals surface area contributed by atoms with Gasteiger partial charge in [-0.2, -0.15) is 5.10 Å². The van der Waals surface area contributed by atoms with Crippen molar-refractivity contribution in [3.8, 4) is 17.1 Å². The van der Waals surface area contributed by atoms with Gasteiger partial charge in [-0.3, -0.25) is 19.5 Å². The summed E-state index contributed by atoms with van der Waals surface area (Å²) in [5.41, 5.74) is -0.802. The van der Waals surface area contributed by atoms with Gasteiger partial charge < -0.3 is 14.5 Å². The zero-order valence-electron chi connectivity index (χ0n) is 23.9. The molecule has 0 aromatic carbocycles. The molecule has 1 N–H and O–H groups in total. The van der Waals surface area contributed by atoms with E-state index in [-0.39, 0.29) is 28.7 Å². The molecule has 4 heterocycles. The molecule has 4 aromatic heterocycles. The molecule has 5 rings (SSSR count). The van der Waals surface area contributed by atoms with Gasteiger partial charge in [0.1, 0.15) is 23.4 Å². The maximum Gasteiger partial charge on any atom is 0.416 e. The number of hydrogen-bond donors (Lipinski definition) is 1. The topological polar surface area (TPSA) is 145 Å². The molecule has 1 fully saturated rings. The quantitative estimate of drug-likeness (QED) is 0.236. The predicted octanol–water partition coefficient (Wildman–Crippen LogP) is 5.86. The van der Waals surface area contributed by atoms with Crippen LogP contribution in [0.5, 0.6) is 0 Å². The van der Waals surface area contributed by atoms with Crippen LogP contribution in [0.4, 0.5) is 25.1 Å².